The average molecular weight is 380 g/mol. The number of aryl methyl sites for hydroxylation is 1. The van der Waals surface area contributed by atoms with Gasteiger partial charge in [-0.15, -0.1) is 0 Å². The highest BCUT2D eigenvalue weighted by molar-refractivity contribution is 6.05. The van der Waals surface area contributed by atoms with Gasteiger partial charge in [0.1, 0.15) is 5.75 Å². The SMILES string of the molecule is COc1ccc(C(NC(=O)c2cc(C)nc3c2cnn3C(C)C)C(C)C)cc1. The molecule has 1 amide bonds. The molecule has 1 unspecified atom stereocenters. The van der Waals surface area contributed by atoms with Crippen molar-refractivity contribution in [2.24, 2.45) is 5.92 Å². The van der Waals surface area contributed by atoms with Crippen molar-refractivity contribution in [2.45, 2.75) is 46.7 Å². The quantitative estimate of drug-likeness (QED) is 0.686. The molecule has 2 aromatic heterocycles. The van der Waals surface area contributed by atoms with Gasteiger partial charge >= 0.3 is 0 Å². The molecule has 1 N–H and O–H groups in total. The highest BCUT2D eigenvalue weighted by atomic mass is 16.5. The smallest absolute Gasteiger partial charge is 0.252 e. The molecule has 0 aliphatic rings. The van der Waals surface area contributed by atoms with Gasteiger partial charge in [0, 0.05) is 11.7 Å². The molecule has 0 saturated heterocycles. The van der Waals surface area contributed by atoms with E-state index in [9.17, 15) is 4.79 Å². The fraction of sp³-hybridized carbons (Fsp3) is 0.409. The first kappa shape index (κ1) is 19.9. The number of carbonyl (C=O) groups is 1. The van der Waals surface area contributed by atoms with Crippen LogP contribution in [0.3, 0.4) is 0 Å². The van der Waals surface area contributed by atoms with E-state index in [0.717, 1.165) is 28.0 Å². The number of fused-ring (bicyclic) bond motifs is 1. The summed E-state index contributed by atoms with van der Waals surface area (Å²) in [5.41, 5.74) is 3.19. The molecule has 28 heavy (non-hydrogen) atoms. The largest absolute Gasteiger partial charge is 0.497 e. The highest BCUT2D eigenvalue weighted by Gasteiger charge is 2.22. The molecule has 0 spiro atoms. The molecule has 0 saturated carbocycles. The van der Waals surface area contributed by atoms with Crippen LogP contribution >= 0.6 is 0 Å². The number of benzene rings is 1. The topological polar surface area (TPSA) is 69.0 Å². The van der Waals surface area contributed by atoms with Crippen LogP contribution in [-0.2, 0) is 0 Å². The molecule has 148 valence electrons. The van der Waals surface area contributed by atoms with Gasteiger partial charge in [0.15, 0.2) is 5.65 Å². The number of amides is 1. The zero-order valence-electron chi connectivity index (χ0n) is 17.4. The summed E-state index contributed by atoms with van der Waals surface area (Å²) >= 11 is 0. The Balaban J connectivity index is 1.96. The standard InChI is InChI=1S/C22H28N4O2/c1-13(2)20(16-7-9-17(28-6)10-8-16)25-22(27)18-11-15(5)24-21-19(18)12-23-26(21)14(3)4/h7-14,20H,1-6H3,(H,25,27). The fourth-order valence-electron chi connectivity index (χ4n) is 3.37. The van der Waals surface area contributed by atoms with Crippen LogP contribution in [0.25, 0.3) is 11.0 Å². The molecule has 0 radical (unpaired) electrons. The first-order valence-corrected chi connectivity index (χ1v) is 9.61. The Kier molecular flexibility index (Phi) is 5.68. The van der Waals surface area contributed by atoms with E-state index in [4.69, 9.17) is 4.74 Å². The molecule has 6 heteroatoms. The molecule has 3 rings (SSSR count). The third kappa shape index (κ3) is 3.86. The van der Waals surface area contributed by atoms with Gasteiger partial charge in [-0.25, -0.2) is 9.67 Å². The predicted molar refractivity (Wildman–Crippen MR) is 111 cm³/mol. The minimum atomic E-state index is -0.117. The van der Waals surface area contributed by atoms with Gasteiger partial charge < -0.3 is 10.1 Å². The van der Waals surface area contributed by atoms with Gasteiger partial charge in [-0.05, 0) is 50.5 Å². The summed E-state index contributed by atoms with van der Waals surface area (Å²) in [6, 6.07) is 9.71. The van der Waals surface area contributed by atoms with Crippen LogP contribution in [0.2, 0.25) is 0 Å². The number of rotatable bonds is 6. The lowest BCUT2D eigenvalue weighted by atomic mass is 9.95. The van der Waals surface area contributed by atoms with Crippen molar-refractivity contribution in [3.8, 4) is 5.75 Å². The van der Waals surface area contributed by atoms with E-state index in [1.165, 1.54) is 0 Å². The van der Waals surface area contributed by atoms with Crippen LogP contribution in [0.1, 0.15) is 61.4 Å². The van der Waals surface area contributed by atoms with Crippen molar-refractivity contribution in [3.05, 3.63) is 53.3 Å². The van der Waals surface area contributed by atoms with Crippen LogP contribution < -0.4 is 10.1 Å². The van der Waals surface area contributed by atoms with Gasteiger partial charge in [-0.1, -0.05) is 26.0 Å². The van der Waals surface area contributed by atoms with E-state index in [-0.39, 0.29) is 23.9 Å². The van der Waals surface area contributed by atoms with E-state index < -0.39 is 0 Å². The molecule has 1 aromatic carbocycles. The maximum Gasteiger partial charge on any atom is 0.252 e. The number of pyridine rings is 1. The molecule has 0 fully saturated rings. The first-order valence-electron chi connectivity index (χ1n) is 9.61. The Bertz CT molecular complexity index is 974. The van der Waals surface area contributed by atoms with Crippen molar-refractivity contribution in [3.63, 3.8) is 0 Å². The van der Waals surface area contributed by atoms with E-state index in [2.05, 4.69) is 43.1 Å². The first-order chi connectivity index (χ1) is 13.3. The zero-order chi connectivity index (χ0) is 20.4. The summed E-state index contributed by atoms with van der Waals surface area (Å²) in [4.78, 5) is 17.8. The molecule has 0 bridgehead atoms. The summed E-state index contributed by atoms with van der Waals surface area (Å²) in [7, 11) is 1.64. The Labute approximate surface area is 165 Å². The van der Waals surface area contributed by atoms with Crippen LogP contribution in [0.15, 0.2) is 36.5 Å². The van der Waals surface area contributed by atoms with E-state index in [1.54, 1.807) is 13.3 Å². The molecule has 1 atom stereocenters. The van der Waals surface area contributed by atoms with Crippen molar-refractivity contribution in [1.82, 2.24) is 20.1 Å². The van der Waals surface area contributed by atoms with E-state index >= 15 is 0 Å². The summed E-state index contributed by atoms with van der Waals surface area (Å²) in [5, 5.41) is 8.40. The maximum atomic E-state index is 13.2. The number of hydrogen-bond donors (Lipinski definition) is 1. The number of nitrogens with zero attached hydrogens (tertiary/aromatic N) is 3. The summed E-state index contributed by atoms with van der Waals surface area (Å²) in [5.74, 6) is 0.910. The van der Waals surface area contributed by atoms with Crippen molar-refractivity contribution in [2.75, 3.05) is 7.11 Å². The number of ether oxygens (including phenoxy) is 1. The fourth-order valence-corrected chi connectivity index (χ4v) is 3.37. The number of carbonyl (C=O) groups excluding carboxylic acids is 1. The van der Waals surface area contributed by atoms with Gasteiger partial charge in [0.25, 0.3) is 5.91 Å². The second kappa shape index (κ2) is 8.00. The lowest BCUT2D eigenvalue weighted by molar-refractivity contribution is 0.0927. The normalized spacial score (nSPS) is 12.6. The summed E-state index contributed by atoms with van der Waals surface area (Å²) in [6.45, 7) is 10.2. The molecular weight excluding hydrogens is 352 g/mol. The Morgan fingerprint density at radius 2 is 1.82 bits per heavy atom. The molecule has 0 aliphatic carbocycles. The molecule has 3 aromatic rings. The monoisotopic (exact) mass is 380 g/mol. The predicted octanol–water partition coefficient (Wildman–Crippen LogP) is 4.46. The van der Waals surface area contributed by atoms with Crippen LogP contribution in [0.4, 0.5) is 0 Å². The van der Waals surface area contributed by atoms with Crippen molar-refractivity contribution in [1.29, 1.82) is 0 Å². The van der Waals surface area contributed by atoms with Crippen LogP contribution in [-0.4, -0.2) is 27.8 Å². The number of hydrogen-bond acceptors (Lipinski definition) is 4. The lowest BCUT2D eigenvalue weighted by Gasteiger charge is -2.23. The highest BCUT2D eigenvalue weighted by Crippen LogP contribution is 2.26. The van der Waals surface area contributed by atoms with Crippen molar-refractivity contribution < 1.29 is 9.53 Å². The lowest BCUT2D eigenvalue weighted by Crippen LogP contribution is -2.32. The minimum Gasteiger partial charge on any atom is -0.497 e. The second-order valence-corrected chi connectivity index (χ2v) is 7.70. The number of aromatic nitrogens is 3. The molecule has 2 heterocycles. The van der Waals surface area contributed by atoms with Gasteiger partial charge in [-0.2, -0.15) is 5.10 Å². The molecule has 6 nitrogen and oxygen atoms in total. The second-order valence-electron chi connectivity index (χ2n) is 7.70. The average Bonchev–Trinajstić information content (AvgIpc) is 3.09. The van der Waals surface area contributed by atoms with Crippen LogP contribution in [0, 0.1) is 12.8 Å². The van der Waals surface area contributed by atoms with Gasteiger partial charge in [-0.3, -0.25) is 4.79 Å². The number of nitrogens with one attached hydrogen (secondary N) is 1. The minimum absolute atomic E-state index is 0.109. The Hall–Kier alpha value is -2.89. The molecule has 0 aliphatic heterocycles. The van der Waals surface area contributed by atoms with Crippen molar-refractivity contribution >= 4 is 16.9 Å². The number of methoxy groups -OCH3 is 1. The summed E-state index contributed by atoms with van der Waals surface area (Å²) in [6.07, 6.45) is 1.73. The van der Waals surface area contributed by atoms with Gasteiger partial charge in [0.2, 0.25) is 0 Å². The Morgan fingerprint density at radius 1 is 1.14 bits per heavy atom. The third-order valence-electron chi connectivity index (χ3n) is 4.86. The third-order valence-corrected chi connectivity index (χ3v) is 4.86. The van der Waals surface area contributed by atoms with E-state index in [0.29, 0.717) is 5.56 Å². The zero-order valence-corrected chi connectivity index (χ0v) is 17.4. The van der Waals surface area contributed by atoms with Gasteiger partial charge in [0.05, 0.1) is 30.3 Å². The Morgan fingerprint density at radius 3 is 2.39 bits per heavy atom. The van der Waals surface area contributed by atoms with E-state index in [1.807, 2.05) is 41.9 Å². The van der Waals surface area contributed by atoms with Crippen LogP contribution in [0.5, 0.6) is 5.75 Å². The maximum absolute atomic E-state index is 13.2. The summed E-state index contributed by atoms with van der Waals surface area (Å²) < 4.78 is 7.09. The molecular formula is C22H28N4O2.